The summed E-state index contributed by atoms with van der Waals surface area (Å²) in [4.78, 5) is 0. The molecule has 13 heavy (non-hydrogen) atoms. The Labute approximate surface area is 77.1 Å². The Morgan fingerprint density at radius 2 is 1.62 bits per heavy atom. The molecule has 0 bridgehead atoms. The maximum Gasteiger partial charge on any atom is 0.0774 e. The number of hydrogen-bond donors (Lipinski definition) is 3. The summed E-state index contributed by atoms with van der Waals surface area (Å²) in [5, 5.41) is 3.17. The third-order valence-electron chi connectivity index (χ3n) is 1.76. The van der Waals surface area contributed by atoms with E-state index in [0.717, 1.165) is 11.4 Å². The molecule has 3 N–H and O–H groups in total. The highest BCUT2D eigenvalue weighted by Gasteiger charge is 1.97. The second-order valence-corrected chi connectivity index (χ2v) is 2.68. The number of fused-ring (bicyclic) bond motifs is 1. The first-order valence-corrected chi connectivity index (χ1v) is 4.15. The molecule has 2 rings (SSSR count). The lowest BCUT2D eigenvalue weighted by Gasteiger charge is -2.09. The zero-order chi connectivity index (χ0) is 8.93. The first-order valence-electron chi connectivity index (χ1n) is 4.15. The van der Waals surface area contributed by atoms with E-state index >= 15 is 0 Å². The molecule has 0 spiro atoms. The fourth-order valence-corrected chi connectivity index (χ4v) is 1.13. The Morgan fingerprint density at radius 3 is 2.54 bits per heavy atom. The van der Waals surface area contributed by atoms with E-state index < -0.39 is 0 Å². The van der Waals surface area contributed by atoms with Crippen molar-refractivity contribution in [3.05, 3.63) is 48.8 Å². The molecule has 66 valence electrons. The average Bonchev–Trinajstić information content (AvgIpc) is 2.28. The van der Waals surface area contributed by atoms with E-state index in [1.54, 1.807) is 0 Å². The van der Waals surface area contributed by atoms with Crippen LogP contribution in [0.2, 0.25) is 0 Å². The molecule has 0 saturated carbocycles. The quantitative estimate of drug-likeness (QED) is 0.562. The lowest BCUT2D eigenvalue weighted by Crippen LogP contribution is -2.14. The van der Waals surface area contributed by atoms with E-state index in [9.17, 15) is 0 Å². The molecule has 0 fully saturated rings. The third kappa shape index (κ3) is 1.82. The van der Waals surface area contributed by atoms with E-state index in [2.05, 4.69) is 16.2 Å². The molecule has 1 aliphatic heterocycles. The Balaban J connectivity index is 2.31. The first kappa shape index (κ1) is 7.73. The minimum atomic E-state index is 1.03. The SMILES string of the molecule is C1=CNNc2ccccc2NC=C1. The van der Waals surface area contributed by atoms with Gasteiger partial charge >= 0.3 is 0 Å². The Morgan fingerprint density at radius 1 is 0.846 bits per heavy atom. The molecule has 0 aliphatic carbocycles. The van der Waals surface area contributed by atoms with Gasteiger partial charge in [0, 0.05) is 12.4 Å². The van der Waals surface area contributed by atoms with Crippen molar-refractivity contribution in [1.29, 1.82) is 0 Å². The summed E-state index contributed by atoms with van der Waals surface area (Å²) in [6.45, 7) is 0. The lowest BCUT2D eigenvalue weighted by molar-refractivity contribution is 1.06. The third-order valence-corrected chi connectivity index (χ3v) is 1.76. The van der Waals surface area contributed by atoms with Crippen molar-refractivity contribution in [2.45, 2.75) is 0 Å². The number of nitrogens with one attached hydrogen (secondary N) is 3. The van der Waals surface area contributed by atoms with Crippen molar-refractivity contribution in [1.82, 2.24) is 5.43 Å². The molecule has 1 aromatic rings. The molecule has 1 aliphatic rings. The number of hydrogen-bond acceptors (Lipinski definition) is 3. The zero-order valence-electron chi connectivity index (χ0n) is 7.12. The van der Waals surface area contributed by atoms with Gasteiger partial charge in [-0.25, -0.2) is 0 Å². The van der Waals surface area contributed by atoms with Crippen LogP contribution in [0.25, 0.3) is 0 Å². The highest BCUT2D eigenvalue weighted by molar-refractivity contribution is 5.69. The van der Waals surface area contributed by atoms with Gasteiger partial charge < -0.3 is 10.7 Å². The second-order valence-electron chi connectivity index (χ2n) is 2.68. The average molecular weight is 173 g/mol. The van der Waals surface area contributed by atoms with E-state index in [4.69, 9.17) is 0 Å². The summed E-state index contributed by atoms with van der Waals surface area (Å²) in [6, 6.07) is 8.00. The van der Waals surface area contributed by atoms with Crippen molar-refractivity contribution >= 4 is 11.4 Å². The summed E-state index contributed by atoms with van der Waals surface area (Å²) < 4.78 is 0. The molecule has 0 saturated heterocycles. The zero-order valence-corrected chi connectivity index (χ0v) is 7.12. The van der Waals surface area contributed by atoms with Crippen LogP contribution in [0.15, 0.2) is 48.8 Å². The van der Waals surface area contributed by atoms with Gasteiger partial charge in [-0.15, -0.1) is 0 Å². The topological polar surface area (TPSA) is 36.1 Å². The Bertz CT molecular complexity index is 342. The lowest BCUT2D eigenvalue weighted by atomic mass is 10.3. The molecular weight excluding hydrogens is 162 g/mol. The van der Waals surface area contributed by atoms with E-state index in [1.165, 1.54) is 0 Å². The van der Waals surface area contributed by atoms with Crippen molar-refractivity contribution in [2.75, 3.05) is 10.7 Å². The molecule has 0 aromatic heterocycles. The van der Waals surface area contributed by atoms with Gasteiger partial charge in [0.1, 0.15) is 0 Å². The van der Waals surface area contributed by atoms with Gasteiger partial charge in [0.25, 0.3) is 0 Å². The normalized spacial score (nSPS) is 13.8. The fraction of sp³-hybridized carbons (Fsp3) is 0. The molecule has 0 unspecified atom stereocenters. The van der Waals surface area contributed by atoms with Crippen molar-refractivity contribution in [3.8, 4) is 0 Å². The second kappa shape index (κ2) is 3.67. The van der Waals surface area contributed by atoms with Gasteiger partial charge in [-0.2, -0.15) is 0 Å². The number of para-hydroxylation sites is 2. The maximum atomic E-state index is 3.17. The van der Waals surface area contributed by atoms with Crippen LogP contribution in [0.3, 0.4) is 0 Å². The van der Waals surface area contributed by atoms with Gasteiger partial charge in [-0.05, 0) is 24.3 Å². The van der Waals surface area contributed by atoms with Crippen molar-refractivity contribution in [2.24, 2.45) is 0 Å². The first-order chi connectivity index (χ1) is 6.47. The van der Waals surface area contributed by atoms with Crippen LogP contribution in [-0.4, -0.2) is 0 Å². The molecular formula is C10H11N3. The minimum absolute atomic E-state index is 1.03. The summed E-state index contributed by atoms with van der Waals surface area (Å²) in [5.41, 5.74) is 8.10. The molecule has 0 amide bonds. The van der Waals surface area contributed by atoms with Crippen LogP contribution in [0.5, 0.6) is 0 Å². The van der Waals surface area contributed by atoms with Crippen molar-refractivity contribution < 1.29 is 0 Å². The van der Waals surface area contributed by atoms with Gasteiger partial charge in [-0.1, -0.05) is 12.1 Å². The predicted octanol–water partition coefficient (Wildman–Crippen LogP) is 2.06. The largest absolute Gasteiger partial charge is 0.360 e. The summed E-state index contributed by atoms with van der Waals surface area (Å²) in [5.74, 6) is 0. The highest BCUT2D eigenvalue weighted by Crippen LogP contribution is 2.20. The van der Waals surface area contributed by atoms with E-state index in [0.29, 0.717) is 0 Å². The molecule has 3 heteroatoms. The van der Waals surface area contributed by atoms with Crippen molar-refractivity contribution in [3.63, 3.8) is 0 Å². The monoisotopic (exact) mass is 173 g/mol. The van der Waals surface area contributed by atoms with E-state index in [1.807, 2.05) is 48.8 Å². The fourth-order valence-electron chi connectivity index (χ4n) is 1.13. The predicted molar refractivity (Wildman–Crippen MR) is 55.1 cm³/mol. The smallest absolute Gasteiger partial charge is 0.0774 e. The van der Waals surface area contributed by atoms with Crippen LogP contribution in [0.4, 0.5) is 11.4 Å². The Kier molecular flexibility index (Phi) is 2.18. The van der Waals surface area contributed by atoms with Crippen LogP contribution in [0.1, 0.15) is 0 Å². The number of hydrazine groups is 1. The number of benzene rings is 1. The summed E-state index contributed by atoms with van der Waals surface area (Å²) >= 11 is 0. The number of rotatable bonds is 0. The van der Waals surface area contributed by atoms with Gasteiger partial charge in [-0.3, -0.25) is 5.43 Å². The number of allylic oxidation sites excluding steroid dienone is 2. The molecule has 1 heterocycles. The molecule has 0 radical (unpaired) electrons. The highest BCUT2D eigenvalue weighted by atomic mass is 15.3. The van der Waals surface area contributed by atoms with Gasteiger partial charge in [0.15, 0.2) is 0 Å². The molecule has 0 atom stereocenters. The maximum absolute atomic E-state index is 3.17. The summed E-state index contributed by atoms with van der Waals surface area (Å²) in [7, 11) is 0. The molecule has 1 aromatic carbocycles. The van der Waals surface area contributed by atoms with Crippen LogP contribution in [-0.2, 0) is 0 Å². The van der Waals surface area contributed by atoms with Gasteiger partial charge in [0.05, 0.1) is 11.4 Å². The van der Waals surface area contributed by atoms with Crippen LogP contribution >= 0.6 is 0 Å². The van der Waals surface area contributed by atoms with Crippen LogP contribution < -0.4 is 16.2 Å². The standard InChI is InChI=1S/C10H11N3/c1-2-6-10-9(5-1)11-7-3-4-8-12-13-10/h1-8,11-13H. The van der Waals surface area contributed by atoms with E-state index in [-0.39, 0.29) is 0 Å². The minimum Gasteiger partial charge on any atom is -0.360 e. The Hall–Kier alpha value is -1.90. The number of anilines is 2. The van der Waals surface area contributed by atoms with Crippen LogP contribution in [0, 0.1) is 0 Å². The summed E-state index contributed by atoms with van der Waals surface area (Å²) in [6.07, 6.45) is 7.56. The van der Waals surface area contributed by atoms with Gasteiger partial charge in [0.2, 0.25) is 0 Å². The molecule has 3 nitrogen and oxygen atoms in total.